The Bertz CT molecular complexity index is 417. The summed E-state index contributed by atoms with van der Waals surface area (Å²) in [6, 6.07) is 4.98. The number of alkyl halides is 1. The highest BCUT2D eigenvalue weighted by atomic mass is 79.9. The molecule has 0 radical (unpaired) electrons. The van der Waals surface area contributed by atoms with Gasteiger partial charge in [-0.15, -0.1) is 0 Å². The summed E-state index contributed by atoms with van der Waals surface area (Å²) in [7, 11) is 0. The Hall–Kier alpha value is -1.37. The highest BCUT2D eigenvalue weighted by molar-refractivity contribution is 9.10. The molecule has 0 unspecified atom stereocenters. The summed E-state index contributed by atoms with van der Waals surface area (Å²) in [5.74, 6) is -0.0742. The summed E-state index contributed by atoms with van der Waals surface area (Å²) in [6.07, 6.45) is 0.330. The number of hydrogen-bond acceptors (Lipinski definition) is 2. The van der Waals surface area contributed by atoms with E-state index < -0.39 is 12.6 Å². The lowest BCUT2D eigenvalue weighted by Crippen LogP contribution is -2.28. The van der Waals surface area contributed by atoms with Crippen molar-refractivity contribution in [1.29, 1.82) is 5.41 Å². The van der Waals surface area contributed by atoms with E-state index >= 15 is 0 Å². The summed E-state index contributed by atoms with van der Waals surface area (Å²) < 4.78 is 31.0. The number of halogens is 3. The van der Waals surface area contributed by atoms with Crippen molar-refractivity contribution >= 4 is 21.9 Å². The van der Waals surface area contributed by atoms with Crippen LogP contribution >= 0.6 is 15.9 Å². The van der Waals surface area contributed by atoms with Crippen LogP contribution in [0.3, 0.4) is 0 Å². The fourth-order valence-corrected chi connectivity index (χ4v) is 1.78. The SMILES string of the molecule is N=C(N)N(F)Cc1ccc(OCCCF)c(Br)c1. The van der Waals surface area contributed by atoms with Crippen LogP contribution in [0.5, 0.6) is 5.75 Å². The molecule has 18 heavy (non-hydrogen) atoms. The number of rotatable bonds is 6. The minimum Gasteiger partial charge on any atom is -0.492 e. The maximum absolute atomic E-state index is 13.1. The zero-order valence-electron chi connectivity index (χ0n) is 9.63. The maximum Gasteiger partial charge on any atom is 0.217 e. The Morgan fingerprint density at radius 3 is 2.78 bits per heavy atom. The zero-order valence-corrected chi connectivity index (χ0v) is 11.2. The lowest BCUT2D eigenvalue weighted by molar-refractivity contribution is 0.108. The third-order valence-corrected chi connectivity index (χ3v) is 2.73. The molecule has 7 heteroatoms. The van der Waals surface area contributed by atoms with Gasteiger partial charge in [0.15, 0.2) is 0 Å². The number of guanidine groups is 1. The van der Waals surface area contributed by atoms with Crippen molar-refractivity contribution in [3.8, 4) is 5.75 Å². The molecule has 0 fully saturated rings. The summed E-state index contributed by atoms with van der Waals surface area (Å²) in [5.41, 5.74) is 5.63. The quantitative estimate of drug-likeness (QED) is 0.366. The molecule has 0 saturated heterocycles. The number of nitrogens with zero attached hydrogens (tertiary/aromatic N) is 1. The maximum atomic E-state index is 13.1. The van der Waals surface area contributed by atoms with E-state index in [4.69, 9.17) is 15.9 Å². The van der Waals surface area contributed by atoms with Crippen LogP contribution in [-0.2, 0) is 6.54 Å². The third kappa shape index (κ3) is 4.48. The van der Waals surface area contributed by atoms with Crippen LogP contribution in [0.1, 0.15) is 12.0 Å². The van der Waals surface area contributed by atoms with E-state index in [9.17, 15) is 8.87 Å². The molecule has 0 atom stereocenters. The Kier molecular flexibility index (Phi) is 5.84. The van der Waals surface area contributed by atoms with E-state index in [-0.39, 0.29) is 18.3 Å². The average molecular weight is 322 g/mol. The minimum atomic E-state index is -0.644. The number of hydrogen-bond donors (Lipinski definition) is 2. The van der Waals surface area contributed by atoms with Crippen LogP contribution in [0.15, 0.2) is 22.7 Å². The zero-order chi connectivity index (χ0) is 13.5. The third-order valence-electron chi connectivity index (χ3n) is 2.11. The number of benzene rings is 1. The van der Waals surface area contributed by atoms with E-state index in [1.165, 1.54) is 0 Å². The molecule has 0 aromatic heterocycles. The van der Waals surface area contributed by atoms with Gasteiger partial charge in [-0.2, -0.15) is 5.12 Å². The largest absolute Gasteiger partial charge is 0.492 e. The molecule has 0 aliphatic heterocycles. The van der Waals surface area contributed by atoms with Gasteiger partial charge in [0.25, 0.3) is 0 Å². The van der Waals surface area contributed by atoms with Gasteiger partial charge in [-0.3, -0.25) is 9.80 Å². The summed E-state index contributed by atoms with van der Waals surface area (Å²) in [5, 5.41) is 7.04. The molecule has 0 amide bonds. The van der Waals surface area contributed by atoms with Gasteiger partial charge in [-0.25, -0.2) is 0 Å². The predicted octanol–water partition coefficient (Wildman–Crippen LogP) is 2.77. The highest BCUT2D eigenvalue weighted by Crippen LogP contribution is 2.26. The van der Waals surface area contributed by atoms with E-state index in [0.29, 0.717) is 22.2 Å². The Morgan fingerprint density at radius 2 is 2.22 bits per heavy atom. The smallest absolute Gasteiger partial charge is 0.217 e. The molecule has 4 nitrogen and oxygen atoms in total. The topological polar surface area (TPSA) is 62.3 Å². The van der Waals surface area contributed by atoms with Crippen LogP contribution in [0.4, 0.5) is 8.87 Å². The van der Waals surface area contributed by atoms with Gasteiger partial charge >= 0.3 is 0 Å². The van der Waals surface area contributed by atoms with E-state index in [2.05, 4.69) is 15.9 Å². The molecule has 1 aromatic carbocycles. The molecule has 1 aromatic rings. The van der Waals surface area contributed by atoms with Gasteiger partial charge < -0.3 is 10.5 Å². The standard InChI is InChI=1S/C11H14BrF2N3O/c12-9-6-8(7-17(14)11(15)16)2-3-10(9)18-5-1-4-13/h2-3,6H,1,4-5,7H2,(H3,15,16). The molecule has 0 bridgehead atoms. The average Bonchev–Trinajstić information content (AvgIpc) is 2.32. The van der Waals surface area contributed by atoms with Crippen molar-refractivity contribution in [3.05, 3.63) is 28.2 Å². The highest BCUT2D eigenvalue weighted by Gasteiger charge is 2.08. The van der Waals surface area contributed by atoms with Gasteiger partial charge in [0.05, 0.1) is 24.3 Å². The van der Waals surface area contributed by atoms with Crippen LogP contribution < -0.4 is 10.5 Å². The van der Waals surface area contributed by atoms with Crippen LogP contribution in [0.25, 0.3) is 0 Å². The minimum absolute atomic E-state index is 0.112. The second-order valence-electron chi connectivity index (χ2n) is 3.56. The van der Waals surface area contributed by atoms with E-state index in [1.54, 1.807) is 18.2 Å². The predicted molar refractivity (Wildman–Crippen MR) is 68.8 cm³/mol. The molecule has 0 saturated carbocycles. The van der Waals surface area contributed by atoms with Gasteiger partial charge in [0.1, 0.15) is 5.75 Å². The van der Waals surface area contributed by atoms with Crippen molar-refractivity contribution in [3.63, 3.8) is 0 Å². The molecular weight excluding hydrogens is 308 g/mol. The lowest BCUT2D eigenvalue weighted by Gasteiger charge is -2.13. The Balaban J connectivity index is 2.64. The van der Waals surface area contributed by atoms with Crippen molar-refractivity contribution in [2.45, 2.75) is 13.0 Å². The van der Waals surface area contributed by atoms with Crippen molar-refractivity contribution in [2.24, 2.45) is 5.73 Å². The number of nitrogens with one attached hydrogen (secondary N) is 1. The first-order chi connectivity index (χ1) is 8.54. The molecule has 0 spiro atoms. The Morgan fingerprint density at radius 1 is 1.50 bits per heavy atom. The molecule has 1 rings (SSSR count). The molecule has 0 aliphatic rings. The molecule has 100 valence electrons. The van der Waals surface area contributed by atoms with Gasteiger partial charge in [0.2, 0.25) is 5.96 Å². The van der Waals surface area contributed by atoms with E-state index in [0.717, 1.165) is 0 Å². The van der Waals surface area contributed by atoms with Crippen molar-refractivity contribution < 1.29 is 13.6 Å². The second-order valence-corrected chi connectivity index (χ2v) is 4.42. The number of nitrogens with two attached hydrogens (primary N) is 1. The number of ether oxygens (including phenoxy) is 1. The molecular formula is C11H14BrF2N3O. The fraction of sp³-hybridized carbons (Fsp3) is 0.364. The van der Waals surface area contributed by atoms with Gasteiger partial charge in [-0.05, 0) is 33.6 Å². The summed E-state index contributed by atoms with van der Waals surface area (Å²) in [4.78, 5) is 0. The molecule has 3 N–H and O–H groups in total. The molecule has 0 aliphatic carbocycles. The first kappa shape index (κ1) is 14.7. The van der Waals surface area contributed by atoms with E-state index in [1.807, 2.05) is 0 Å². The lowest BCUT2D eigenvalue weighted by atomic mass is 10.2. The first-order valence-corrected chi connectivity index (χ1v) is 6.08. The van der Waals surface area contributed by atoms with Crippen LogP contribution in [-0.4, -0.2) is 24.4 Å². The Labute approximate surface area is 112 Å². The van der Waals surface area contributed by atoms with Gasteiger partial charge in [-0.1, -0.05) is 10.5 Å². The fourth-order valence-electron chi connectivity index (χ4n) is 1.24. The van der Waals surface area contributed by atoms with Crippen molar-refractivity contribution in [2.75, 3.05) is 13.3 Å². The summed E-state index contributed by atoms with van der Waals surface area (Å²) >= 11 is 3.28. The first-order valence-electron chi connectivity index (χ1n) is 5.29. The van der Waals surface area contributed by atoms with Crippen LogP contribution in [0, 0.1) is 5.41 Å². The van der Waals surface area contributed by atoms with Crippen LogP contribution in [0.2, 0.25) is 0 Å². The van der Waals surface area contributed by atoms with Gasteiger partial charge in [0, 0.05) is 6.42 Å². The molecule has 0 heterocycles. The van der Waals surface area contributed by atoms with Crippen molar-refractivity contribution in [1.82, 2.24) is 5.12 Å². The monoisotopic (exact) mass is 321 g/mol. The normalized spacial score (nSPS) is 10.2. The second kappa shape index (κ2) is 7.15. The summed E-state index contributed by atoms with van der Waals surface area (Å²) in [6.45, 7) is -0.249.